The van der Waals surface area contributed by atoms with Gasteiger partial charge < -0.3 is 9.42 Å². The smallest absolute Gasteiger partial charge is 0.338 e. The van der Waals surface area contributed by atoms with Gasteiger partial charge in [0.25, 0.3) is 11.8 Å². The van der Waals surface area contributed by atoms with Gasteiger partial charge in [-0.15, -0.1) is 11.3 Å². The number of amides is 1. The lowest BCUT2D eigenvalue weighted by atomic mass is 10.1. The molecule has 6 nitrogen and oxygen atoms in total. The van der Waals surface area contributed by atoms with Gasteiger partial charge in [0.15, 0.2) is 5.82 Å². The van der Waals surface area contributed by atoms with Crippen LogP contribution >= 0.6 is 11.3 Å². The fourth-order valence-corrected chi connectivity index (χ4v) is 3.57. The van der Waals surface area contributed by atoms with E-state index < -0.39 is 11.9 Å². The third-order valence-corrected chi connectivity index (χ3v) is 5.17. The van der Waals surface area contributed by atoms with Crippen LogP contribution in [-0.4, -0.2) is 39.0 Å². The van der Waals surface area contributed by atoms with Crippen molar-refractivity contribution in [3.05, 3.63) is 52.9 Å². The lowest BCUT2D eigenvalue weighted by Crippen LogP contribution is -2.28. The summed E-state index contributed by atoms with van der Waals surface area (Å²) in [6, 6.07) is 5.73. The Morgan fingerprint density at radius 1 is 1.30 bits per heavy atom. The number of halogens is 3. The molecule has 140 valence electrons. The van der Waals surface area contributed by atoms with E-state index in [1.807, 2.05) is 17.5 Å². The molecule has 0 bridgehead atoms. The molecular weight excluding hydrogens is 381 g/mol. The van der Waals surface area contributed by atoms with Gasteiger partial charge in [0, 0.05) is 25.2 Å². The molecule has 3 aromatic heterocycles. The van der Waals surface area contributed by atoms with Crippen molar-refractivity contribution in [2.75, 3.05) is 13.1 Å². The average Bonchev–Trinajstić information content (AvgIpc) is 3.40. The van der Waals surface area contributed by atoms with Crippen LogP contribution < -0.4 is 0 Å². The van der Waals surface area contributed by atoms with Crippen LogP contribution in [0.1, 0.15) is 34.2 Å². The van der Waals surface area contributed by atoms with Crippen LogP contribution in [0.25, 0.3) is 10.8 Å². The van der Waals surface area contributed by atoms with Crippen molar-refractivity contribution in [2.24, 2.45) is 0 Å². The van der Waals surface area contributed by atoms with E-state index in [4.69, 9.17) is 4.52 Å². The maximum atomic E-state index is 12.6. The summed E-state index contributed by atoms with van der Waals surface area (Å²) in [7, 11) is 0. The van der Waals surface area contributed by atoms with Crippen LogP contribution in [-0.2, 0) is 6.18 Å². The van der Waals surface area contributed by atoms with Gasteiger partial charge >= 0.3 is 6.18 Å². The number of alkyl halides is 3. The molecule has 4 rings (SSSR count). The first-order valence-electron chi connectivity index (χ1n) is 8.12. The number of hydrogen-bond donors (Lipinski definition) is 0. The highest BCUT2D eigenvalue weighted by atomic mass is 32.1. The van der Waals surface area contributed by atoms with Gasteiger partial charge in [0.2, 0.25) is 0 Å². The molecule has 0 saturated carbocycles. The molecule has 3 aromatic rings. The number of likely N-dealkylation sites (tertiary alicyclic amines) is 1. The Balaban J connectivity index is 1.44. The summed E-state index contributed by atoms with van der Waals surface area (Å²) in [4.78, 5) is 22.7. The first kappa shape index (κ1) is 17.7. The zero-order valence-corrected chi connectivity index (χ0v) is 14.6. The van der Waals surface area contributed by atoms with Crippen LogP contribution in [0.15, 0.2) is 40.4 Å². The number of thiophene rings is 1. The lowest BCUT2D eigenvalue weighted by molar-refractivity contribution is -0.141. The van der Waals surface area contributed by atoms with Gasteiger partial charge in [0.1, 0.15) is 5.69 Å². The largest absolute Gasteiger partial charge is 0.433 e. The second kappa shape index (κ2) is 6.76. The summed E-state index contributed by atoms with van der Waals surface area (Å²) in [6.45, 7) is 0.844. The third-order valence-electron chi connectivity index (χ3n) is 4.32. The summed E-state index contributed by atoms with van der Waals surface area (Å²) in [5.41, 5.74) is -0.901. The zero-order chi connectivity index (χ0) is 19.0. The van der Waals surface area contributed by atoms with Gasteiger partial charge in [-0.05, 0) is 30.0 Å². The number of aromatic nitrogens is 3. The highest BCUT2D eigenvalue weighted by Crippen LogP contribution is 2.30. The van der Waals surface area contributed by atoms with Crippen LogP contribution in [0.5, 0.6) is 0 Å². The normalized spacial score (nSPS) is 17.4. The van der Waals surface area contributed by atoms with E-state index in [9.17, 15) is 18.0 Å². The van der Waals surface area contributed by atoms with Gasteiger partial charge in [-0.25, -0.2) is 0 Å². The van der Waals surface area contributed by atoms with Crippen LogP contribution in [0, 0.1) is 0 Å². The van der Waals surface area contributed by atoms with Crippen molar-refractivity contribution >= 4 is 17.2 Å². The van der Waals surface area contributed by atoms with Crippen molar-refractivity contribution in [3.8, 4) is 10.8 Å². The zero-order valence-electron chi connectivity index (χ0n) is 13.8. The fourth-order valence-electron chi connectivity index (χ4n) is 2.93. The Hall–Kier alpha value is -2.75. The van der Waals surface area contributed by atoms with E-state index >= 15 is 0 Å². The van der Waals surface area contributed by atoms with Crippen LogP contribution in [0.3, 0.4) is 0 Å². The first-order chi connectivity index (χ1) is 12.9. The Labute approximate surface area is 155 Å². The summed E-state index contributed by atoms with van der Waals surface area (Å²) in [5, 5.41) is 5.91. The summed E-state index contributed by atoms with van der Waals surface area (Å²) in [5.74, 6) is 0.533. The summed E-state index contributed by atoms with van der Waals surface area (Å²) in [6.07, 6.45) is -2.91. The molecule has 4 heterocycles. The monoisotopic (exact) mass is 394 g/mol. The van der Waals surface area contributed by atoms with Gasteiger partial charge in [-0.2, -0.15) is 18.2 Å². The molecule has 0 spiro atoms. The summed E-state index contributed by atoms with van der Waals surface area (Å²) >= 11 is 1.49. The average molecular weight is 394 g/mol. The highest BCUT2D eigenvalue weighted by molar-refractivity contribution is 7.13. The number of pyridine rings is 1. The quantitative estimate of drug-likeness (QED) is 0.675. The number of carbonyl (C=O) groups is 1. The molecular formula is C17H13F3N4O2S. The van der Waals surface area contributed by atoms with Crippen molar-refractivity contribution < 1.29 is 22.5 Å². The minimum Gasteiger partial charge on any atom is -0.338 e. The lowest BCUT2D eigenvalue weighted by Gasteiger charge is -2.16. The minimum absolute atomic E-state index is 0.0752. The second-order valence-electron chi connectivity index (χ2n) is 6.10. The van der Waals surface area contributed by atoms with E-state index in [0.717, 1.165) is 23.2 Å². The Morgan fingerprint density at radius 3 is 2.81 bits per heavy atom. The molecule has 27 heavy (non-hydrogen) atoms. The van der Waals surface area contributed by atoms with E-state index in [1.54, 1.807) is 4.90 Å². The van der Waals surface area contributed by atoms with E-state index in [1.165, 1.54) is 11.3 Å². The molecule has 1 aliphatic rings. The van der Waals surface area contributed by atoms with Crippen molar-refractivity contribution in [1.82, 2.24) is 20.0 Å². The maximum Gasteiger partial charge on any atom is 0.433 e. The number of hydrogen-bond acceptors (Lipinski definition) is 6. The Bertz CT molecular complexity index is 938. The molecule has 1 fully saturated rings. The second-order valence-corrected chi connectivity index (χ2v) is 7.05. The number of carbonyl (C=O) groups excluding carboxylic acids is 1. The van der Waals surface area contributed by atoms with Crippen molar-refractivity contribution in [1.29, 1.82) is 0 Å². The molecule has 1 aliphatic heterocycles. The SMILES string of the molecule is O=C(c1ccc(C(F)(F)F)nc1)N1CC[C@H](c2noc(-c3cccs3)n2)C1. The van der Waals surface area contributed by atoms with Gasteiger partial charge in [-0.1, -0.05) is 11.2 Å². The Kier molecular flexibility index (Phi) is 4.42. The fraction of sp³-hybridized carbons (Fsp3) is 0.294. The number of rotatable bonds is 3. The predicted molar refractivity (Wildman–Crippen MR) is 90.1 cm³/mol. The van der Waals surface area contributed by atoms with E-state index in [-0.39, 0.29) is 17.4 Å². The molecule has 0 unspecified atom stereocenters. The van der Waals surface area contributed by atoms with Crippen LogP contribution in [0.2, 0.25) is 0 Å². The first-order valence-corrected chi connectivity index (χ1v) is 9.00. The summed E-state index contributed by atoms with van der Waals surface area (Å²) < 4.78 is 43.0. The molecule has 0 N–H and O–H groups in total. The maximum absolute atomic E-state index is 12.6. The molecule has 1 amide bonds. The third kappa shape index (κ3) is 3.57. The molecule has 0 aromatic carbocycles. The predicted octanol–water partition coefficient (Wildman–Crippen LogP) is 3.84. The van der Waals surface area contributed by atoms with Crippen molar-refractivity contribution in [3.63, 3.8) is 0 Å². The highest BCUT2D eigenvalue weighted by Gasteiger charge is 2.34. The van der Waals surface area contributed by atoms with Gasteiger partial charge in [-0.3, -0.25) is 9.78 Å². The molecule has 1 atom stereocenters. The molecule has 0 aliphatic carbocycles. The van der Waals surface area contributed by atoms with Gasteiger partial charge in [0.05, 0.1) is 10.4 Å². The van der Waals surface area contributed by atoms with E-state index in [0.29, 0.717) is 31.2 Å². The minimum atomic E-state index is -4.53. The topological polar surface area (TPSA) is 72.1 Å². The number of nitrogens with zero attached hydrogens (tertiary/aromatic N) is 4. The standard InChI is InChI=1S/C17H13F3N4O2S/c18-17(19,20)13-4-3-10(8-21-13)16(25)24-6-5-11(9-24)14-22-15(26-23-14)12-2-1-7-27-12/h1-4,7-8,11H,5-6,9H2/t11-/m0/s1. The molecule has 10 heteroatoms. The molecule has 0 radical (unpaired) electrons. The Morgan fingerprint density at radius 2 is 2.15 bits per heavy atom. The van der Waals surface area contributed by atoms with Crippen LogP contribution in [0.4, 0.5) is 13.2 Å². The van der Waals surface area contributed by atoms with E-state index in [2.05, 4.69) is 15.1 Å². The molecule has 1 saturated heterocycles. The van der Waals surface area contributed by atoms with Crippen molar-refractivity contribution in [2.45, 2.75) is 18.5 Å².